The van der Waals surface area contributed by atoms with Crippen LogP contribution in [0, 0.1) is 0 Å². The largest absolute Gasteiger partial charge is 0.377 e. The molecule has 0 aliphatic heterocycles. The summed E-state index contributed by atoms with van der Waals surface area (Å²) in [5, 5.41) is 9.59. The lowest BCUT2D eigenvalue weighted by Crippen LogP contribution is -2.30. The second-order valence-electron chi connectivity index (χ2n) is 5.18. The van der Waals surface area contributed by atoms with Gasteiger partial charge < -0.3 is 10.1 Å². The van der Waals surface area contributed by atoms with Crippen LogP contribution in [-0.4, -0.2) is 44.4 Å². The van der Waals surface area contributed by atoms with Crippen molar-refractivity contribution in [3.63, 3.8) is 0 Å². The molecule has 120 valence electrons. The summed E-state index contributed by atoms with van der Waals surface area (Å²) in [5.74, 6) is 0. The summed E-state index contributed by atoms with van der Waals surface area (Å²) in [7, 11) is -3.56. The summed E-state index contributed by atoms with van der Waals surface area (Å²) >= 11 is 0. The minimum absolute atomic E-state index is 0.129. The SMILES string of the molecule is CCNCc1cn[nH]c1S(=O)(=O)NCCOC1CCCC1. The van der Waals surface area contributed by atoms with E-state index in [0.29, 0.717) is 24.8 Å². The zero-order valence-electron chi connectivity index (χ0n) is 12.4. The molecule has 0 bridgehead atoms. The first-order valence-corrected chi connectivity index (χ1v) is 8.96. The number of sulfonamides is 1. The molecule has 2 rings (SSSR count). The molecule has 1 aliphatic carbocycles. The monoisotopic (exact) mass is 316 g/mol. The first-order valence-electron chi connectivity index (χ1n) is 7.47. The molecule has 3 N–H and O–H groups in total. The summed E-state index contributed by atoms with van der Waals surface area (Å²) in [4.78, 5) is 0. The molecular weight excluding hydrogens is 292 g/mol. The molecule has 1 fully saturated rings. The average Bonchev–Trinajstić information content (AvgIpc) is 3.12. The van der Waals surface area contributed by atoms with Gasteiger partial charge in [0.25, 0.3) is 10.0 Å². The van der Waals surface area contributed by atoms with E-state index < -0.39 is 10.0 Å². The number of rotatable bonds is 9. The van der Waals surface area contributed by atoms with E-state index in [2.05, 4.69) is 20.2 Å². The van der Waals surface area contributed by atoms with E-state index in [9.17, 15) is 8.42 Å². The Balaban J connectivity index is 1.81. The molecule has 0 spiro atoms. The molecule has 0 amide bonds. The lowest BCUT2D eigenvalue weighted by atomic mass is 10.3. The van der Waals surface area contributed by atoms with Gasteiger partial charge in [-0.3, -0.25) is 5.10 Å². The molecule has 1 aromatic heterocycles. The lowest BCUT2D eigenvalue weighted by Gasteiger charge is -2.11. The molecule has 0 unspecified atom stereocenters. The topological polar surface area (TPSA) is 96.1 Å². The molecule has 0 radical (unpaired) electrons. The van der Waals surface area contributed by atoms with Crippen molar-refractivity contribution in [2.24, 2.45) is 0 Å². The van der Waals surface area contributed by atoms with Gasteiger partial charge in [-0.05, 0) is 19.4 Å². The second kappa shape index (κ2) is 7.88. The fraction of sp³-hybridized carbons (Fsp3) is 0.769. The number of aromatic nitrogens is 2. The van der Waals surface area contributed by atoms with Crippen LogP contribution in [0.5, 0.6) is 0 Å². The van der Waals surface area contributed by atoms with Gasteiger partial charge in [0.1, 0.15) is 0 Å². The van der Waals surface area contributed by atoms with Gasteiger partial charge in [0.2, 0.25) is 0 Å². The number of hydrogen-bond acceptors (Lipinski definition) is 5. The zero-order valence-corrected chi connectivity index (χ0v) is 13.2. The first-order chi connectivity index (χ1) is 10.1. The number of nitrogens with zero attached hydrogens (tertiary/aromatic N) is 1. The molecule has 1 saturated carbocycles. The minimum atomic E-state index is -3.56. The smallest absolute Gasteiger partial charge is 0.257 e. The van der Waals surface area contributed by atoms with Crippen molar-refractivity contribution in [1.82, 2.24) is 20.2 Å². The van der Waals surface area contributed by atoms with Gasteiger partial charge in [0.15, 0.2) is 5.03 Å². The van der Waals surface area contributed by atoms with Gasteiger partial charge in [0.05, 0.1) is 18.9 Å². The Labute approximate surface area is 125 Å². The summed E-state index contributed by atoms with van der Waals surface area (Å²) in [5.41, 5.74) is 0.640. The fourth-order valence-electron chi connectivity index (χ4n) is 2.45. The Morgan fingerprint density at radius 3 is 2.90 bits per heavy atom. The number of H-pyrrole nitrogens is 1. The fourth-order valence-corrected chi connectivity index (χ4v) is 3.59. The van der Waals surface area contributed by atoms with E-state index in [1.165, 1.54) is 19.0 Å². The van der Waals surface area contributed by atoms with Crippen LogP contribution in [0.3, 0.4) is 0 Å². The van der Waals surface area contributed by atoms with Gasteiger partial charge in [-0.25, -0.2) is 13.1 Å². The van der Waals surface area contributed by atoms with Crippen molar-refractivity contribution in [2.75, 3.05) is 19.7 Å². The molecule has 0 aromatic carbocycles. The van der Waals surface area contributed by atoms with E-state index in [0.717, 1.165) is 19.4 Å². The number of nitrogens with one attached hydrogen (secondary N) is 3. The van der Waals surface area contributed by atoms with Gasteiger partial charge in [-0.15, -0.1) is 0 Å². The Morgan fingerprint density at radius 1 is 1.43 bits per heavy atom. The lowest BCUT2D eigenvalue weighted by molar-refractivity contribution is 0.0626. The minimum Gasteiger partial charge on any atom is -0.377 e. The van der Waals surface area contributed by atoms with Crippen LogP contribution in [0.4, 0.5) is 0 Å². The van der Waals surface area contributed by atoms with E-state index in [-0.39, 0.29) is 11.6 Å². The zero-order chi connectivity index (χ0) is 15.1. The van der Waals surface area contributed by atoms with Crippen LogP contribution >= 0.6 is 0 Å². The molecular formula is C13H24N4O3S. The normalized spacial score (nSPS) is 16.6. The van der Waals surface area contributed by atoms with Crippen LogP contribution in [0.25, 0.3) is 0 Å². The van der Waals surface area contributed by atoms with E-state index in [1.54, 1.807) is 0 Å². The molecule has 1 aromatic rings. The number of aromatic amines is 1. The highest BCUT2D eigenvalue weighted by molar-refractivity contribution is 7.89. The maximum Gasteiger partial charge on any atom is 0.257 e. The standard InChI is InChI=1S/C13H24N4O3S/c1-2-14-9-11-10-15-17-13(11)21(18,19)16-7-8-20-12-5-3-4-6-12/h10,12,14,16H,2-9H2,1H3,(H,15,17). The van der Waals surface area contributed by atoms with Crippen molar-refractivity contribution >= 4 is 10.0 Å². The second-order valence-corrected chi connectivity index (χ2v) is 6.88. The maximum absolute atomic E-state index is 12.2. The molecule has 1 heterocycles. The molecule has 8 heteroatoms. The highest BCUT2D eigenvalue weighted by Crippen LogP contribution is 2.20. The van der Waals surface area contributed by atoms with Crippen molar-refractivity contribution in [3.05, 3.63) is 11.8 Å². The summed E-state index contributed by atoms with van der Waals surface area (Å²) < 4.78 is 32.6. The highest BCUT2D eigenvalue weighted by Gasteiger charge is 2.20. The maximum atomic E-state index is 12.2. The van der Waals surface area contributed by atoms with Crippen molar-refractivity contribution in [3.8, 4) is 0 Å². The Kier molecular flexibility index (Phi) is 6.16. The van der Waals surface area contributed by atoms with Crippen molar-refractivity contribution < 1.29 is 13.2 Å². The van der Waals surface area contributed by atoms with Gasteiger partial charge >= 0.3 is 0 Å². The van der Waals surface area contributed by atoms with Crippen LogP contribution in [0.2, 0.25) is 0 Å². The Morgan fingerprint density at radius 2 is 2.19 bits per heavy atom. The summed E-state index contributed by atoms with van der Waals surface area (Å²) in [6, 6.07) is 0. The predicted molar refractivity (Wildman–Crippen MR) is 79.4 cm³/mol. The van der Waals surface area contributed by atoms with Crippen LogP contribution in [0.1, 0.15) is 38.2 Å². The number of hydrogen-bond donors (Lipinski definition) is 3. The van der Waals surface area contributed by atoms with E-state index in [1.807, 2.05) is 6.92 Å². The van der Waals surface area contributed by atoms with Crippen LogP contribution in [-0.2, 0) is 21.3 Å². The Hall–Kier alpha value is -0.960. The third kappa shape index (κ3) is 4.77. The molecule has 21 heavy (non-hydrogen) atoms. The number of ether oxygens (including phenoxy) is 1. The van der Waals surface area contributed by atoms with E-state index in [4.69, 9.17) is 4.74 Å². The molecule has 1 aliphatic rings. The van der Waals surface area contributed by atoms with E-state index >= 15 is 0 Å². The first kappa shape index (κ1) is 16.4. The van der Waals surface area contributed by atoms with Gasteiger partial charge in [0, 0.05) is 18.7 Å². The van der Waals surface area contributed by atoms with Crippen molar-refractivity contribution in [1.29, 1.82) is 0 Å². The Bertz CT molecular complexity index is 523. The molecule has 0 saturated heterocycles. The highest BCUT2D eigenvalue weighted by atomic mass is 32.2. The summed E-state index contributed by atoms with van der Waals surface area (Å²) in [6.45, 7) is 3.89. The van der Waals surface area contributed by atoms with Gasteiger partial charge in [-0.2, -0.15) is 5.10 Å². The predicted octanol–water partition coefficient (Wildman–Crippen LogP) is 0.757. The van der Waals surface area contributed by atoms with Crippen LogP contribution < -0.4 is 10.0 Å². The third-order valence-electron chi connectivity index (χ3n) is 3.56. The van der Waals surface area contributed by atoms with Crippen LogP contribution in [0.15, 0.2) is 11.2 Å². The molecule has 0 atom stereocenters. The van der Waals surface area contributed by atoms with Crippen molar-refractivity contribution in [2.45, 2.75) is 50.3 Å². The average molecular weight is 316 g/mol. The van der Waals surface area contributed by atoms with Gasteiger partial charge in [-0.1, -0.05) is 19.8 Å². The third-order valence-corrected chi connectivity index (χ3v) is 5.04. The quantitative estimate of drug-likeness (QED) is 0.584. The summed E-state index contributed by atoms with van der Waals surface area (Å²) in [6.07, 6.45) is 6.41. The molecule has 7 nitrogen and oxygen atoms in total.